The van der Waals surface area contributed by atoms with Crippen molar-refractivity contribution in [2.24, 2.45) is 0 Å². The number of anilines is 4. The molecule has 6 nitrogen and oxygen atoms in total. The molecule has 3 rings (SSSR count). The molecule has 0 aliphatic rings. The number of benzene rings is 2. The molecular weight excluding hydrogens is 280 g/mol. The monoisotopic (exact) mass is 294 g/mol. The third kappa shape index (κ3) is 2.76. The summed E-state index contributed by atoms with van der Waals surface area (Å²) in [5.41, 5.74) is 8.94. The number of hydrogen-bond acceptors (Lipinski definition) is 4. The number of nitrogens with two attached hydrogens (primary N) is 1. The maximum absolute atomic E-state index is 10.6. The Morgan fingerprint density at radius 1 is 1.05 bits per heavy atom. The van der Waals surface area contributed by atoms with Crippen molar-refractivity contribution in [3.63, 3.8) is 0 Å². The molecule has 1 heterocycles. The van der Waals surface area contributed by atoms with Gasteiger partial charge in [-0.2, -0.15) is 0 Å². The van der Waals surface area contributed by atoms with Gasteiger partial charge in [0.05, 0.1) is 11.4 Å². The van der Waals surface area contributed by atoms with Gasteiger partial charge < -0.3 is 16.2 Å². The molecule has 6 heteroatoms. The Morgan fingerprint density at radius 3 is 2.50 bits per heavy atom. The van der Waals surface area contributed by atoms with Crippen molar-refractivity contribution in [3.05, 3.63) is 54.9 Å². The molecule has 0 saturated heterocycles. The average molecular weight is 294 g/mol. The number of amides is 1. The molecule has 0 bridgehead atoms. The molecule has 5 N–H and O–H groups in total. The summed E-state index contributed by atoms with van der Waals surface area (Å²) < 4.78 is 0. The highest BCUT2D eigenvalue weighted by molar-refractivity contribution is 5.99. The number of carbonyl (C=O) groups is 1. The lowest BCUT2D eigenvalue weighted by molar-refractivity contribution is 0.210. The second kappa shape index (κ2) is 5.61. The van der Waals surface area contributed by atoms with Gasteiger partial charge in [-0.25, -0.2) is 4.79 Å². The van der Waals surface area contributed by atoms with Crippen molar-refractivity contribution < 1.29 is 9.90 Å². The first-order valence-corrected chi connectivity index (χ1v) is 6.63. The summed E-state index contributed by atoms with van der Waals surface area (Å²) in [6, 6.07) is 12.6. The summed E-state index contributed by atoms with van der Waals surface area (Å²) in [7, 11) is 0. The Balaban J connectivity index is 1.86. The van der Waals surface area contributed by atoms with Gasteiger partial charge in [0.2, 0.25) is 0 Å². The largest absolute Gasteiger partial charge is 0.465 e. The number of nitrogens with zero attached hydrogens (tertiary/aromatic N) is 1. The Labute approximate surface area is 126 Å². The van der Waals surface area contributed by atoms with Gasteiger partial charge in [-0.05, 0) is 36.4 Å². The summed E-state index contributed by atoms with van der Waals surface area (Å²) in [5, 5.41) is 16.1. The molecule has 0 saturated carbocycles. The smallest absolute Gasteiger partial charge is 0.409 e. The van der Waals surface area contributed by atoms with Crippen LogP contribution in [0.15, 0.2) is 54.9 Å². The summed E-state index contributed by atoms with van der Waals surface area (Å²) in [6.45, 7) is 0. The van der Waals surface area contributed by atoms with Crippen LogP contribution in [0.3, 0.4) is 0 Å². The number of nitrogens with one attached hydrogen (secondary N) is 2. The van der Waals surface area contributed by atoms with Crippen LogP contribution in [-0.2, 0) is 0 Å². The number of rotatable bonds is 3. The first kappa shape index (κ1) is 13.7. The molecule has 0 radical (unpaired) electrons. The lowest BCUT2D eigenvalue weighted by Gasteiger charge is -2.12. The highest BCUT2D eigenvalue weighted by atomic mass is 16.4. The predicted molar refractivity (Wildman–Crippen MR) is 87.5 cm³/mol. The second-order valence-corrected chi connectivity index (χ2v) is 4.76. The molecule has 3 aromatic rings. The number of fused-ring (bicyclic) bond motifs is 1. The molecule has 110 valence electrons. The molecule has 0 fully saturated rings. The van der Waals surface area contributed by atoms with E-state index in [1.165, 1.54) is 0 Å². The van der Waals surface area contributed by atoms with Crippen molar-refractivity contribution >= 4 is 39.6 Å². The molecule has 1 amide bonds. The number of carboxylic acid groups (broad SMARTS) is 1. The maximum Gasteiger partial charge on any atom is 0.409 e. The fourth-order valence-corrected chi connectivity index (χ4v) is 2.22. The van der Waals surface area contributed by atoms with Crippen LogP contribution in [-0.4, -0.2) is 16.2 Å². The van der Waals surface area contributed by atoms with Gasteiger partial charge in [-0.1, -0.05) is 6.07 Å². The Hall–Kier alpha value is -3.28. The van der Waals surface area contributed by atoms with Crippen LogP contribution < -0.4 is 16.4 Å². The van der Waals surface area contributed by atoms with Crippen molar-refractivity contribution in [3.8, 4) is 0 Å². The third-order valence-corrected chi connectivity index (χ3v) is 3.28. The van der Waals surface area contributed by atoms with Crippen LogP contribution in [0, 0.1) is 0 Å². The van der Waals surface area contributed by atoms with Gasteiger partial charge >= 0.3 is 6.09 Å². The van der Waals surface area contributed by atoms with Crippen LogP contribution >= 0.6 is 0 Å². The standard InChI is InChI=1S/C16H14N4O2/c17-15-13-7-8-18-9-10(13)1-6-14(15)19-11-2-4-12(5-3-11)20-16(21)22/h1-9,19-20H,17H2,(H,21,22). The van der Waals surface area contributed by atoms with Crippen LogP contribution in [0.2, 0.25) is 0 Å². The molecular formula is C16H14N4O2. The van der Waals surface area contributed by atoms with E-state index in [2.05, 4.69) is 15.6 Å². The summed E-state index contributed by atoms with van der Waals surface area (Å²) in [5.74, 6) is 0. The predicted octanol–water partition coefficient (Wildman–Crippen LogP) is 3.65. The van der Waals surface area contributed by atoms with Gasteiger partial charge in [0.1, 0.15) is 0 Å². The van der Waals surface area contributed by atoms with E-state index < -0.39 is 6.09 Å². The van der Waals surface area contributed by atoms with E-state index >= 15 is 0 Å². The van der Waals surface area contributed by atoms with E-state index in [0.717, 1.165) is 22.1 Å². The number of nitrogen functional groups attached to an aromatic ring is 1. The molecule has 1 aromatic heterocycles. The highest BCUT2D eigenvalue weighted by Gasteiger charge is 2.05. The van der Waals surface area contributed by atoms with Gasteiger partial charge in [0.15, 0.2) is 0 Å². The Kier molecular flexibility index (Phi) is 3.49. The van der Waals surface area contributed by atoms with E-state index in [-0.39, 0.29) is 0 Å². The van der Waals surface area contributed by atoms with Gasteiger partial charge in [0, 0.05) is 34.5 Å². The first-order valence-electron chi connectivity index (χ1n) is 6.63. The summed E-state index contributed by atoms with van der Waals surface area (Å²) in [4.78, 5) is 14.6. The van der Waals surface area contributed by atoms with Crippen LogP contribution in [0.5, 0.6) is 0 Å². The average Bonchev–Trinajstić information content (AvgIpc) is 2.52. The molecule has 0 aliphatic carbocycles. The van der Waals surface area contributed by atoms with Gasteiger partial charge in [-0.3, -0.25) is 10.3 Å². The van der Waals surface area contributed by atoms with Crippen LogP contribution in [0.1, 0.15) is 0 Å². The fourth-order valence-electron chi connectivity index (χ4n) is 2.22. The molecule has 2 aromatic carbocycles. The van der Waals surface area contributed by atoms with Gasteiger partial charge in [0.25, 0.3) is 0 Å². The van der Waals surface area contributed by atoms with E-state index in [1.54, 1.807) is 36.7 Å². The molecule has 0 atom stereocenters. The zero-order valence-corrected chi connectivity index (χ0v) is 11.6. The SMILES string of the molecule is Nc1c(Nc2ccc(NC(=O)O)cc2)ccc2cnccc12. The second-order valence-electron chi connectivity index (χ2n) is 4.76. The molecule has 0 unspecified atom stereocenters. The van der Waals surface area contributed by atoms with Crippen LogP contribution in [0.25, 0.3) is 10.8 Å². The van der Waals surface area contributed by atoms with Gasteiger partial charge in [-0.15, -0.1) is 0 Å². The van der Waals surface area contributed by atoms with Crippen molar-refractivity contribution in [2.45, 2.75) is 0 Å². The van der Waals surface area contributed by atoms with E-state index in [1.807, 2.05) is 18.2 Å². The van der Waals surface area contributed by atoms with Crippen molar-refractivity contribution in [1.82, 2.24) is 4.98 Å². The van der Waals surface area contributed by atoms with Crippen molar-refractivity contribution in [1.29, 1.82) is 0 Å². The van der Waals surface area contributed by atoms with E-state index in [9.17, 15) is 4.79 Å². The fraction of sp³-hybridized carbons (Fsp3) is 0. The zero-order chi connectivity index (χ0) is 15.5. The summed E-state index contributed by atoms with van der Waals surface area (Å²) in [6.07, 6.45) is 2.38. The topological polar surface area (TPSA) is 100 Å². The summed E-state index contributed by atoms with van der Waals surface area (Å²) >= 11 is 0. The Bertz CT molecular complexity index is 831. The lowest BCUT2D eigenvalue weighted by atomic mass is 10.1. The number of aromatic nitrogens is 1. The normalized spacial score (nSPS) is 10.4. The zero-order valence-electron chi connectivity index (χ0n) is 11.6. The minimum Gasteiger partial charge on any atom is -0.465 e. The minimum absolute atomic E-state index is 0.510. The minimum atomic E-state index is -1.09. The molecule has 22 heavy (non-hydrogen) atoms. The number of pyridine rings is 1. The maximum atomic E-state index is 10.6. The van der Waals surface area contributed by atoms with E-state index in [0.29, 0.717) is 11.4 Å². The highest BCUT2D eigenvalue weighted by Crippen LogP contribution is 2.30. The Morgan fingerprint density at radius 2 is 1.77 bits per heavy atom. The number of hydrogen-bond donors (Lipinski definition) is 4. The van der Waals surface area contributed by atoms with Crippen LogP contribution in [0.4, 0.5) is 27.5 Å². The third-order valence-electron chi connectivity index (χ3n) is 3.28. The first-order chi connectivity index (χ1) is 10.6. The lowest BCUT2D eigenvalue weighted by Crippen LogP contribution is -2.06. The molecule has 0 spiro atoms. The van der Waals surface area contributed by atoms with E-state index in [4.69, 9.17) is 10.8 Å². The quantitative estimate of drug-likeness (QED) is 0.552. The molecule has 0 aliphatic heterocycles. The van der Waals surface area contributed by atoms with Crippen molar-refractivity contribution in [2.75, 3.05) is 16.4 Å².